The molecule has 1 aliphatic heterocycles. The second kappa shape index (κ2) is 8.74. The molecule has 0 bridgehead atoms. The Labute approximate surface area is 175 Å². The standard InChI is InChI=1S/C18H25N5O4S2/c1-4-23-16(20-21-18(23)28)9-19-17(24)14-6-5-7-15(8-14)29(25,26)22-10-12(2)27-13(3)11-22/h5-8,12-13H,4,9-11H2,1-3H3,(H,19,24)(H,21,28). The summed E-state index contributed by atoms with van der Waals surface area (Å²) in [6, 6.07) is 6.04. The van der Waals surface area contributed by atoms with Crippen molar-refractivity contribution in [1.29, 1.82) is 0 Å². The Bertz CT molecular complexity index is 1040. The Morgan fingerprint density at radius 3 is 2.69 bits per heavy atom. The first-order valence-electron chi connectivity index (χ1n) is 9.40. The Morgan fingerprint density at radius 1 is 1.34 bits per heavy atom. The minimum absolute atomic E-state index is 0.0858. The van der Waals surface area contributed by atoms with E-state index in [1.165, 1.54) is 16.4 Å². The van der Waals surface area contributed by atoms with Crippen LogP contribution in [0.25, 0.3) is 0 Å². The molecule has 1 aromatic heterocycles. The number of H-pyrrole nitrogens is 1. The fourth-order valence-electron chi connectivity index (χ4n) is 3.35. The lowest BCUT2D eigenvalue weighted by atomic mass is 10.2. The summed E-state index contributed by atoms with van der Waals surface area (Å²) in [6.07, 6.45) is -0.373. The van der Waals surface area contributed by atoms with Gasteiger partial charge in [-0.15, -0.1) is 0 Å². The summed E-state index contributed by atoms with van der Waals surface area (Å²) in [6.45, 7) is 6.98. The highest BCUT2D eigenvalue weighted by atomic mass is 32.2. The number of aromatic nitrogens is 3. The molecule has 1 aromatic carbocycles. The van der Waals surface area contributed by atoms with E-state index in [-0.39, 0.29) is 48.2 Å². The van der Waals surface area contributed by atoms with E-state index in [2.05, 4.69) is 15.5 Å². The predicted molar refractivity (Wildman–Crippen MR) is 109 cm³/mol. The van der Waals surface area contributed by atoms with Crippen molar-refractivity contribution in [2.75, 3.05) is 13.1 Å². The molecule has 2 unspecified atom stereocenters. The zero-order valence-electron chi connectivity index (χ0n) is 16.6. The van der Waals surface area contributed by atoms with E-state index in [0.717, 1.165) is 0 Å². The van der Waals surface area contributed by atoms with Gasteiger partial charge in [-0.3, -0.25) is 9.89 Å². The zero-order valence-corrected chi connectivity index (χ0v) is 18.2. The number of morpholine rings is 1. The molecule has 2 aromatic rings. The van der Waals surface area contributed by atoms with Crippen molar-refractivity contribution in [2.24, 2.45) is 0 Å². The van der Waals surface area contributed by atoms with E-state index >= 15 is 0 Å². The number of sulfonamides is 1. The summed E-state index contributed by atoms with van der Waals surface area (Å²) in [4.78, 5) is 12.7. The molecule has 1 amide bonds. The van der Waals surface area contributed by atoms with Gasteiger partial charge in [0.2, 0.25) is 10.0 Å². The van der Waals surface area contributed by atoms with Crippen LogP contribution in [0.1, 0.15) is 37.0 Å². The third-order valence-electron chi connectivity index (χ3n) is 4.68. The van der Waals surface area contributed by atoms with E-state index in [4.69, 9.17) is 17.0 Å². The number of hydrogen-bond acceptors (Lipinski definition) is 6. The van der Waals surface area contributed by atoms with E-state index in [1.54, 1.807) is 16.7 Å². The lowest BCUT2D eigenvalue weighted by molar-refractivity contribution is -0.0440. The molecule has 1 aliphatic rings. The van der Waals surface area contributed by atoms with Crippen LogP contribution in [0.4, 0.5) is 0 Å². The van der Waals surface area contributed by atoms with E-state index in [1.807, 2.05) is 20.8 Å². The van der Waals surface area contributed by atoms with Crippen molar-refractivity contribution in [1.82, 2.24) is 24.4 Å². The molecule has 3 rings (SSSR count). The van der Waals surface area contributed by atoms with Gasteiger partial charge >= 0.3 is 0 Å². The number of aromatic amines is 1. The maximum Gasteiger partial charge on any atom is 0.251 e. The molecule has 2 heterocycles. The first-order valence-corrected chi connectivity index (χ1v) is 11.2. The highest BCUT2D eigenvalue weighted by molar-refractivity contribution is 7.89. The Morgan fingerprint density at radius 2 is 2.03 bits per heavy atom. The smallest absolute Gasteiger partial charge is 0.251 e. The number of amides is 1. The third-order valence-corrected chi connectivity index (χ3v) is 6.82. The minimum atomic E-state index is -3.72. The summed E-state index contributed by atoms with van der Waals surface area (Å²) in [5, 5.41) is 9.55. The van der Waals surface area contributed by atoms with Crippen molar-refractivity contribution < 1.29 is 17.9 Å². The van der Waals surface area contributed by atoms with Gasteiger partial charge in [0.25, 0.3) is 5.91 Å². The number of benzene rings is 1. The average molecular weight is 440 g/mol. The van der Waals surface area contributed by atoms with Gasteiger partial charge in [0.15, 0.2) is 10.6 Å². The molecule has 1 fully saturated rings. The van der Waals surface area contributed by atoms with Gasteiger partial charge < -0.3 is 14.6 Å². The molecule has 2 atom stereocenters. The first-order chi connectivity index (χ1) is 13.7. The molecule has 2 N–H and O–H groups in total. The van der Waals surface area contributed by atoms with Crippen LogP contribution in [0, 0.1) is 4.77 Å². The van der Waals surface area contributed by atoms with Crippen molar-refractivity contribution in [3.05, 3.63) is 40.4 Å². The number of carbonyl (C=O) groups is 1. The second-order valence-electron chi connectivity index (χ2n) is 6.98. The van der Waals surface area contributed by atoms with Gasteiger partial charge in [-0.2, -0.15) is 9.40 Å². The van der Waals surface area contributed by atoms with Crippen LogP contribution >= 0.6 is 12.2 Å². The number of ether oxygens (including phenoxy) is 1. The SMILES string of the molecule is CCn1c(CNC(=O)c2cccc(S(=O)(=O)N3CC(C)OC(C)C3)c2)n[nH]c1=S. The molecule has 11 heteroatoms. The Kier molecular flexibility index (Phi) is 6.52. The third kappa shape index (κ3) is 4.74. The molecule has 29 heavy (non-hydrogen) atoms. The molecule has 9 nitrogen and oxygen atoms in total. The number of carbonyl (C=O) groups excluding carboxylic acids is 1. The number of hydrogen-bond donors (Lipinski definition) is 2. The summed E-state index contributed by atoms with van der Waals surface area (Å²) >= 11 is 5.13. The van der Waals surface area contributed by atoms with Crippen molar-refractivity contribution in [2.45, 2.75) is 51.0 Å². The second-order valence-corrected chi connectivity index (χ2v) is 9.30. The van der Waals surface area contributed by atoms with Gasteiger partial charge in [-0.1, -0.05) is 6.07 Å². The molecule has 1 saturated heterocycles. The highest BCUT2D eigenvalue weighted by Gasteiger charge is 2.32. The summed E-state index contributed by atoms with van der Waals surface area (Å²) < 4.78 is 35.3. The van der Waals surface area contributed by atoms with Gasteiger partial charge in [0.05, 0.1) is 23.6 Å². The van der Waals surface area contributed by atoms with Crippen LogP contribution in [0.15, 0.2) is 29.2 Å². The molecule has 0 radical (unpaired) electrons. The maximum absolute atomic E-state index is 13.0. The highest BCUT2D eigenvalue weighted by Crippen LogP contribution is 2.22. The van der Waals surface area contributed by atoms with E-state index < -0.39 is 10.0 Å². The largest absolute Gasteiger partial charge is 0.373 e. The van der Waals surface area contributed by atoms with Crippen LogP contribution < -0.4 is 5.32 Å². The minimum Gasteiger partial charge on any atom is -0.373 e. The van der Waals surface area contributed by atoms with Crippen LogP contribution in [0.5, 0.6) is 0 Å². The molecular weight excluding hydrogens is 414 g/mol. The Balaban J connectivity index is 1.76. The fourth-order valence-corrected chi connectivity index (χ4v) is 5.26. The quantitative estimate of drug-likeness (QED) is 0.663. The maximum atomic E-state index is 13.0. The summed E-state index contributed by atoms with van der Waals surface area (Å²) in [5.41, 5.74) is 0.262. The molecule has 158 valence electrons. The Hall–Kier alpha value is -2.08. The fraction of sp³-hybridized carbons (Fsp3) is 0.500. The van der Waals surface area contributed by atoms with Crippen molar-refractivity contribution in [3.63, 3.8) is 0 Å². The normalized spacial score (nSPS) is 20.5. The van der Waals surface area contributed by atoms with Crippen LogP contribution in [-0.4, -0.2) is 58.7 Å². The summed E-state index contributed by atoms with van der Waals surface area (Å²) in [5.74, 6) is 0.216. The van der Waals surface area contributed by atoms with Crippen molar-refractivity contribution >= 4 is 28.1 Å². The monoisotopic (exact) mass is 439 g/mol. The zero-order chi connectivity index (χ0) is 21.2. The van der Waals surface area contributed by atoms with Crippen LogP contribution in [0.2, 0.25) is 0 Å². The van der Waals surface area contributed by atoms with Crippen molar-refractivity contribution in [3.8, 4) is 0 Å². The molecule has 0 spiro atoms. The number of nitrogens with zero attached hydrogens (tertiary/aromatic N) is 3. The van der Waals surface area contributed by atoms with E-state index in [9.17, 15) is 13.2 Å². The summed E-state index contributed by atoms with van der Waals surface area (Å²) in [7, 11) is -3.72. The van der Waals surface area contributed by atoms with Gasteiger partial charge in [0.1, 0.15) is 0 Å². The first kappa shape index (κ1) is 21.6. The van der Waals surface area contributed by atoms with Crippen LogP contribution in [-0.2, 0) is 27.8 Å². The molecular formula is C18H25N5O4S2. The van der Waals surface area contributed by atoms with Crippen LogP contribution in [0.3, 0.4) is 0 Å². The van der Waals surface area contributed by atoms with E-state index in [0.29, 0.717) is 17.1 Å². The predicted octanol–water partition coefficient (Wildman–Crippen LogP) is 1.69. The average Bonchev–Trinajstić information content (AvgIpc) is 3.05. The topological polar surface area (TPSA) is 109 Å². The van der Waals surface area contributed by atoms with Gasteiger partial charge in [-0.05, 0) is 51.2 Å². The molecule has 0 saturated carbocycles. The van der Waals surface area contributed by atoms with Gasteiger partial charge in [-0.25, -0.2) is 8.42 Å². The number of rotatable bonds is 6. The lowest BCUT2D eigenvalue weighted by Crippen LogP contribution is -2.48. The molecule has 0 aliphatic carbocycles. The van der Waals surface area contributed by atoms with Gasteiger partial charge in [0, 0.05) is 25.2 Å². The number of nitrogens with one attached hydrogen (secondary N) is 2. The lowest BCUT2D eigenvalue weighted by Gasteiger charge is -2.34.